The molecule has 6 nitrogen and oxygen atoms in total. The predicted octanol–water partition coefficient (Wildman–Crippen LogP) is 3.52. The number of amides is 2. The van der Waals surface area contributed by atoms with Gasteiger partial charge in [0.2, 0.25) is 11.8 Å². The summed E-state index contributed by atoms with van der Waals surface area (Å²) in [6, 6.07) is 0.507. The SMILES string of the molecule is CCC(=O)NC1CCC(OCCCC(=O)NC2CCC(C(=O)C(C)C)CC2)CC1. The van der Waals surface area contributed by atoms with Crippen LogP contribution in [-0.4, -0.2) is 42.4 Å². The van der Waals surface area contributed by atoms with Gasteiger partial charge in [0, 0.05) is 43.4 Å². The molecule has 0 aromatic carbocycles. The van der Waals surface area contributed by atoms with Crippen molar-refractivity contribution in [3.63, 3.8) is 0 Å². The zero-order chi connectivity index (χ0) is 21.2. The largest absolute Gasteiger partial charge is 0.378 e. The smallest absolute Gasteiger partial charge is 0.220 e. The van der Waals surface area contributed by atoms with Gasteiger partial charge in [-0.3, -0.25) is 14.4 Å². The number of ether oxygens (including phenoxy) is 1. The van der Waals surface area contributed by atoms with Gasteiger partial charge in [-0.15, -0.1) is 0 Å². The van der Waals surface area contributed by atoms with Gasteiger partial charge < -0.3 is 15.4 Å². The Morgan fingerprint density at radius 1 is 0.862 bits per heavy atom. The lowest BCUT2D eigenvalue weighted by molar-refractivity contribution is -0.127. The summed E-state index contributed by atoms with van der Waals surface area (Å²) in [4.78, 5) is 35.7. The van der Waals surface area contributed by atoms with Crippen LogP contribution in [0.1, 0.15) is 91.4 Å². The summed E-state index contributed by atoms with van der Waals surface area (Å²) >= 11 is 0. The molecule has 0 radical (unpaired) electrons. The van der Waals surface area contributed by atoms with Crippen molar-refractivity contribution in [3.05, 3.63) is 0 Å². The van der Waals surface area contributed by atoms with Gasteiger partial charge in [0.05, 0.1) is 6.10 Å². The van der Waals surface area contributed by atoms with Crippen LogP contribution in [0.2, 0.25) is 0 Å². The van der Waals surface area contributed by atoms with Crippen molar-refractivity contribution in [2.24, 2.45) is 11.8 Å². The molecule has 2 aliphatic rings. The van der Waals surface area contributed by atoms with E-state index in [0.717, 1.165) is 57.8 Å². The third-order valence-corrected chi connectivity index (χ3v) is 6.33. The van der Waals surface area contributed by atoms with E-state index in [9.17, 15) is 14.4 Å². The lowest BCUT2D eigenvalue weighted by Gasteiger charge is -2.29. The van der Waals surface area contributed by atoms with Crippen molar-refractivity contribution in [2.45, 2.75) is 110 Å². The normalized spacial score (nSPS) is 27.4. The number of carbonyl (C=O) groups excluding carboxylic acids is 3. The van der Waals surface area contributed by atoms with Crippen LogP contribution in [0.25, 0.3) is 0 Å². The van der Waals surface area contributed by atoms with E-state index >= 15 is 0 Å². The van der Waals surface area contributed by atoms with E-state index in [1.54, 1.807) is 0 Å². The fraction of sp³-hybridized carbons (Fsp3) is 0.870. The molecule has 2 aliphatic carbocycles. The van der Waals surface area contributed by atoms with Gasteiger partial charge in [-0.2, -0.15) is 0 Å². The number of rotatable bonds is 10. The van der Waals surface area contributed by atoms with Crippen LogP contribution in [-0.2, 0) is 19.1 Å². The van der Waals surface area contributed by atoms with Gasteiger partial charge in [0.1, 0.15) is 5.78 Å². The molecule has 0 bridgehead atoms. The third kappa shape index (κ3) is 8.45. The quantitative estimate of drug-likeness (QED) is 0.542. The topological polar surface area (TPSA) is 84.5 Å². The molecule has 2 fully saturated rings. The van der Waals surface area contributed by atoms with Crippen LogP contribution >= 0.6 is 0 Å². The van der Waals surface area contributed by atoms with E-state index in [0.29, 0.717) is 31.3 Å². The Bertz CT molecular complexity index is 533. The summed E-state index contributed by atoms with van der Waals surface area (Å²) in [6.45, 7) is 6.42. The highest BCUT2D eigenvalue weighted by atomic mass is 16.5. The molecular formula is C23H40N2O4. The van der Waals surface area contributed by atoms with Gasteiger partial charge in [-0.1, -0.05) is 20.8 Å². The maximum atomic E-state index is 12.2. The molecule has 29 heavy (non-hydrogen) atoms. The van der Waals surface area contributed by atoms with Gasteiger partial charge in [0.25, 0.3) is 0 Å². The second kappa shape index (κ2) is 12.3. The predicted molar refractivity (Wildman–Crippen MR) is 113 cm³/mol. The van der Waals surface area contributed by atoms with Crippen LogP contribution in [0.3, 0.4) is 0 Å². The Hall–Kier alpha value is -1.43. The first-order valence-electron chi connectivity index (χ1n) is 11.6. The maximum absolute atomic E-state index is 12.2. The molecule has 2 rings (SSSR count). The molecule has 0 heterocycles. The van der Waals surface area contributed by atoms with E-state index in [1.807, 2.05) is 20.8 Å². The van der Waals surface area contributed by atoms with E-state index < -0.39 is 0 Å². The summed E-state index contributed by atoms with van der Waals surface area (Å²) in [5.41, 5.74) is 0. The number of hydrogen-bond acceptors (Lipinski definition) is 4. The number of Topliss-reactive ketones (excluding diaryl/α,β-unsaturated/α-hetero) is 1. The van der Waals surface area contributed by atoms with Gasteiger partial charge >= 0.3 is 0 Å². The van der Waals surface area contributed by atoms with Crippen LogP contribution in [0.5, 0.6) is 0 Å². The monoisotopic (exact) mass is 408 g/mol. The van der Waals surface area contributed by atoms with Gasteiger partial charge in [-0.05, 0) is 57.8 Å². The minimum absolute atomic E-state index is 0.0956. The molecule has 0 aliphatic heterocycles. The molecule has 0 aromatic rings. The van der Waals surface area contributed by atoms with Crippen molar-refractivity contribution in [2.75, 3.05) is 6.61 Å². The first-order chi connectivity index (χ1) is 13.9. The Balaban J connectivity index is 1.52. The Morgan fingerprint density at radius 3 is 1.97 bits per heavy atom. The molecule has 2 saturated carbocycles. The second-order valence-electron chi connectivity index (χ2n) is 9.04. The van der Waals surface area contributed by atoms with Crippen molar-refractivity contribution in [1.29, 1.82) is 0 Å². The molecule has 0 unspecified atom stereocenters. The zero-order valence-corrected chi connectivity index (χ0v) is 18.5. The molecule has 6 heteroatoms. The fourth-order valence-electron chi connectivity index (χ4n) is 4.48. The Labute approximate surface area is 175 Å². The van der Waals surface area contributed by atoms with Crippen LogP contribution in [0.4, 0.5) is 0 Å². The van der Waals surface area contributed by atoms with Gasteiger partial charge in [0.15, 0.2) is 0 Å². The highest BCUT2D eigenvalue weighted by Crippen LogP contribution is 2.27. The molecule has 0 atom stereocenters. The maximum Gasteiger partial charge on any atom is 0.220 e. The van der Waals surface area contributed by atoms with Crippen LogP contribution in [0.15, 0.2) is 0 Å². The molecule has 2 N–H and O–H groups in total. The zero-order valence-electron chi connectivity index (χ0n) is 18.5. The van der Waals surface area contributed by atoms with E-state index in [-0.39, 0.29) is 35.8 Å². The first-order valence-corrected chi connectivity index (χ1v) is 11.6. The average molecular weight is 409 g/mol. The summed E-state index contributed by atoms with van der Waals surface area (Å²) in [6.07, 6.45) is 9.51. The first kappa shape index (κ1) is 23.8. The lowest BCUT2D eigenvalue weighted by atomic mass is 9.80. The fourth-order valence-corrected chi connectivity index (χ4v) is 4.48. The minimum atomic E-state index is 0.0956. The Kier molecular flexibility index (Phi) is 10.1. The Morgan fingerprint density at radius 2 is 1.41 bits per heavy atom. The highest BCUT2D eigenvalue weighted by Gasteiger charge is 2.28. The number of nitrogens with one attached hydrogen (secondary N) is 2. The minimum Gasteiger partial charge on any atom is -0.378 e. The van der Waals surface area contributed by atoms with E-state index in [4.69, 9.17) is 4.74 Å². The summed E-state index contributed by atoms with van der Waals surface area (Å²) in [5, 5.41) is 6.19. The standard InChI is InChI=1S/C23H40N2O4/c1-4-21(26)24-19-11-13-20(14-12-19)29-15-5-6-22(27)25-18-9-7-17(8-10-18)23(28)16(2)3/h16-20H,4-15H2,1-3H3,(H,24,26)(H,25,27). The molecule has 166 valence electrons. The van der Waals surface area contributed by atoms with Gasteiger partial charge in [-0.25, -0.2) is 0 Å². The summed E-state index contributed by atoms with van der Waals surface area (Å²) in [7, 11) is 0. The number of ketones is 1. The third-order valence-electron chi connectivity index (χ3n) is 6.33. The van der Waals surface area contributed by atoms with Crippen LogP contribution < -0.4 is 10.6 Å². The highest BCUT2D eigenvalue weighted by molar-refractivity contribution is 5.83. The van der Waals surface area contributed by atoms with Crippen molar-refractivity contribution >= 4 is 17.6 Å². The van der Waals surface area contributed by atoms with E-state index in [2.05, 4.69) is 10.6 Å². The molecular weight excluding hydrogens is 368 g/mol. The molecule has 2 amide bonds. The lowest BCUT2D eigenvalue weighted by Crippen LogP contribution is -2.39. The number of hydrogen-bond donors (Lipinski definition) is 2. The summed E-state index contributed by atoms with van der Waals surface area (Å²) in [5.74, 6) is 0.880. The van der Waals surface area contributed by atoms with Crippen molar-refractivity contribution in [1.82, 2.24) is 10.6 Å². The average Bonchev–Trinajstić information content (AvgIpc) is 2.72. The second-order valence-corrected chi connectivity index (χ2v) is 9.04. The number of carbonyl (C=O) groups is 3. The summed E-state index contributed by atoms with van der Waals surface area (Å²) < 4.78 is 5.94. The molecule has 0 spiro atoms. The van der Waals surface area contributed by atoms with Crippen molar-refractivity contribution < 1.29 is 19.1 Å². The van der Waals surface area contributed by atoms with Crippen molar-refractivity contribution in [3.8, 4) is 0 Å². The molecule has 0 aromatic heterocycles. The van der Waals surface area contributed by atoms with E-state index in [1.165, 1.54) is 0 Å². The molecule has 0 saturated heterocycles. The van der Waals surface area contributed by atoms with Crippen LogP contribution in [0, 0.1) is 11.8 Å².